The Kier molecular flexibility index (Phi) is 9.76. The zero-order valence-corrected chi connectivity index (χ0v) is 21.7. The van der Waals surface area contributed by atoms with Crippen molar-refractivity contribution in [3.8, 4) is 11.5 Å². The van der Waals surface area contributed by atoms with Gasteiger partial charge >= 0.3 is 0 Å². The van der Waals surface area contributed by atoms with Crippen LogP contribution in [0, 0.1) is 5.92 Å². The molecule has 1 N–H and O–H groups in total. The number of methoxy groups -OCH3 is 1. The average molecular weight is 478 g/mol. The van der Waals surface area contributed by atoms with E-state index < -0.39 is 0 Å². The lowest BCUT2D eigenvalue weighted by Crippen LogP contribution is -2.33. The first kappa shape index (κ1) is 26.3. The molecule has 0 spiro atoms. The molecule has 0 aliphatic heterocycles. The first-order valence-corrected chi connectivity index (χ1v) is 12.7. The number of nitrogens with one attached hydrogen (secondary N) is 1. The number of para-hydroxylation sites is 2. The molecule has 1 heterocycles. The molecule has 0 radical (unpaired) electrons. The number of amides is 1. The van der Waals surface area contributed by atoms with Gasteiger partial charge in [-0.05, 0) is 69.4 Å². The van der Waals surface area contributed by atoms with Crippen molar-refractivity contribution in [1.29, 1.82) is 0 Å². The second kappa shape index (κ2) is 13.0. The van der Waals surface area contributed by atoms with E-state index in [0.717, 1.165) is 66.1 Å². The molecule has 0 aliphatic rings. The summed E-state index contributed by atoms with van der Waals surface area (Å²) in [4.78, 5) is 17.5. The van der Waals surface area contributed by atoms with E-state index >= 15 is 0 Å². The number of fused-ring (bicyclic) bond motifs is 1. The maximum absolute atomic E-state index is 12.7. The van der Waals surface area contributed by atoms with Crippen LogP contribution in [-0.2, 0) is 11.3 Å². The number of allylic oxidation sites excluding steroid dienone is 1. The fourth-order valence-electron chi connectivity index (χ4n) is 4.37. The van der Waals surface area contributed by atoms with Crippen molar-refractivity contribution in [1.82, 2.24) is 14.9 Å². The molecule has 0 fully saturated rings. The Morgan fingerprint density at radius 1 is 1.11 bits per heavy atom. The molecule has 188 valence electrons. The third kappa shape index (κ3) is 6.65. The van der Waals surface area contributed by atoms with Gasteiger partial charge in [0.2, 0.25) is 5.91 Å². The molecule has 1 amide bonds. The minimum absolute atomic E-state index is 0.0384. The van der Waals surface area contributed by atoms with E-state index in [1.54, 1.807) is 7.11 Å². The Labute approximate surface area is 209 Å². The van der Waals surface area contributed by atoms with Crippen LogP contribution in [0.3, 0.4) is 0 Å². The van der Waals surface area contributed by atoms with Crippen LogP contribution in [0.4, 0.5) is 0 Å². The number of rotatable bonds is 13. The van der Waals surface area contributed by atoms with Gasteiger partial charge < -0.3 is 19.4 Å². The summed E-state index contributed by atoms with van der Waals surface area (Å²) in [6.45, 7) is 9.53. The van der Waals surface area contributed by atoms with Crippen molar-refractivity contribution in [2.24, 2.45) is 5.92 Å². The van der Waals surface area contributed by atoms with Gasteiger partial charge in [-0.15, -0.1) is 0 Å². The van der Waals surface area contributed by atoms with Crippen molar-refractivity contribution in [2.45, 2.75) is 66.0 Å². The number of aryl methyl sites for hydroxylation is 1. The molecule has 2 aromatic carbocycles. The predicted molar refractivity (Wildman–Crippen MR) is 143 cm³/mol. The third-order valence-electron chi connectivity index (χ3n) is 6.37. The highest BCUT2D eigenvalue weighted by Gasteiger charge is 2.21. The van der Waals surface area contributed by atoms with Gasteiger partial charge in [0.05, 0.1) is 30.8 Å². The molecule has 6 nitrogen and oxygen atoms in total. The largest absolute Gasteiger partial charge is 0.493 e. The molecule has 1 aromatic heterocycles. The van der Waals surface area contributed by atoms with Gasteiger partial charge in [0, 0.05) is 12.5 Å². The normalized spacial score (nSPS) is 12.4. The SMILES string of the molecule is C/C=C/c1ccc(OCCCCn2c(C(C)NC(=O)C(CC)CC)nc3ccccc32)c(OC)c1. The lowest BCUT2D eigenvalue weighted by Gasteiger charge is -2.19. The van der Waals surface area contributed by atoms with Crippen molar-refractivity contribution in [2.75, 3.05) is 13.7 Å². The number of benzene rings is 2. The summed E-state index contributed by atoms with van der Waals surface area (Å²) in [5.74, 6) is 2.53. The molecular weight excluding hydrogens is 438 g/mol. The van der Waals surface area contributed by atoms with Gasteiger partial charge in [-0.25, -0.2) is 4.98 Å². The van der Waals surface area contributed by atoms with Crippen LogP contribution >= 0.6 is 0 Å². The molecule has 35 heavy (non-hydrogen) atoms. The highest BCUT2D eigenvalue weighted by molar-refractivity contribution is 5.79. The Morgan fingerprint density at radius 2 is 1.89 bits per heavy atom. The number of carbonyl (C=O) groups is 1. The number of nitrogens with zero attached hydrogens (tertiary/aromatic N) is 2. The van der Waals surface area contributed by atoms with E-state index in [1.807, 2.05) is 62.4 Å². The summed E-state index contributed by atoms with van der Waals surface area (Å²) in [5, 5.41) is 3.18. The zero-order chi connectivity index (χ0) is 25.2. The van der Waals surface area contributed by atoms with Gasteiger partial charge in [0.1, 0.15) is 5.82 Å². The topological polar surface area (TPSA) is 65.4 Å². The number of unbranched alkanes of at least 4 members (excludes halogenated alkanes) is 1. The minimum atomic E-state index is -0.160. The number of aromatic nitrogens is 2. The molecule has 6 heteroatoms. The first-order chi connectivity index (χ1) is 17.0. The third-order valence-corrected chi connectivity index (χ3v) is 6.37. The van der Waals surface area contributed by atoms with E-state index in [4.69, 9.17) is 14.5 Å². The molecule has 1 unspecified atom stereocenters. The van der Waals surface area contributed by atoms with Crippen molar-refractivity contribution >= 4 is 23.0 Å². The van der Waals surface area contributed by atoms with Crippen molar-refractivity contribution < 1.29 is 14.3 Å². The zero-order valence-electron chi connectivity index (χ0n) is 21.7. The lowest BCUT2D eigenvalue weighted by atomic mass is 10.0. The smallest absolute Gasteiger partial charge is 0.223 e. The molecule has 0 saturated carbocycles. The van der Waals surface area contributed by atoms with E-state index in [2.05, 4.69) is 29.8 Å². The van der Waals surface area contributed by atoms with E-state index in [0.29, 0.717) is 6.61 Å². The van der Waals surface area contributed by atoms with E-state index in [-0.39, 0.29) is 17.9 Å². The second-order valence-corrected chi connectivity index (χ2v) is 8.82. The summed E-state index contributed by atoms with van der Waals surface area (Å²) in [7, 11) is 1.66. The van der Waals surface area contributed by atoms with Crippen LogP contribution in [0.2, 0.25) is 0 Å². The lowest BCUT2D eigenvalue weighted by molar-refractivity contribution is -0.125. The number of hydrogen-bond donors (Lipinski definition) is 1. The van der Waals surface area contributed by atoms with Crippen LogP contribution in [0.15, 0.2) is 48.5 Å². The summed E-state index contributed by atoms with van der Waals surface area (Å²) in [6, 6.07) is 14.0. The summed E-state index contributed by atoms with van der Waals surface area (Å²) < 4.78 is 13.8. The number of hydrogen-bond acceptors (Lipinski definition) is 4. The standard InChI is InChI=1S/C29H39N3O3/c1-6-13-22-16-17-26(27(20-22)34-5)35-19-12-11-18-32-25-15-10-9-14-24(25)31-28(32)21(4)30-29(33)23(7-2)8-3/h6,9-10,13-17,20-21,23H,7-8,11-12,18-19H2,1-5H3,(H,30,33)/b13-6+. The summed E-state index contributed by atoms with van der Waals surface area (Å²) in [6.07, 6.45) is 7.54. The summed E-state index contributed by atoms with van der Waals surface area (Å²) >= 11 is 0. The Bertz CT molecular complexity index is 1130. The van der Waals surface area contributed by atoms with Crippen LogP contribution in [-0.4, -0.2) is 29.2 Å². The maximum atomic E-state index is 12.7. The molecule has 0 bridgehead atoms. The molecular formula is C29H39N3O3. The van der Waals surface area contributed by atoms with Crippen molar-refractivity contribution in [3.63, 3.8) is 0 Å². The monoisotopic (exact) mass is 477 g/mol. The van der Waals surface area contributed by atoms with Crippen LogP contribution < -0.4 is 14.8 Å². The van der Waals surface area contributed by atoms with Gasteiger partial charge in [-0.1, -0.05) is 44.2 Å². The first-order valence-electron chi connectivity index (χ1n) is 12.7. The van der Waals surface area contributed by atoms with Gasteiger partial charge in [0.15, 0.2) is 11.5 Å². The van der Waals surface area contributed by atoms with Crippen LogP contribution in [0.1, 0.15) is 70.8 Å². The molecule has 3 rings (SSSR count). The number of carbonyl (C=O) groups excluding carboxylic acids is 1. The number of ether oxygens (including phenoxy) is 2. The highest BCUT2D eigenvalue weighted by Crippen LogP contribution is 2.29. The van der Waals surface area contributed by atoms with Gasteiger partial charge in [0.25, 0.3) is 0 Å². The summed E-state index contributed by atoms with van der Waals surface area (Å²) in [5.41, 5.74) is 3.13. The maximum Gasteiger partial charge on any atom is 0.223 e. The Hall–Kier alpha value is -3.28. The average Bonchev–Trinajstić information content (AvgIpc) is 3.24. The molecule has 1 atom stereocenters. The fourth-order valence-corrected chi connectivity index (χ4v) is 4.37. The van der Waals surface area contributed by atoms with Gasteiger partial charge in [-0.3, -0.25) is 4.79 Å². The van der Waals surface area contributed by atoms with Crippen LogP contribution in [0.5, 0.6) is 11.5 Å². The number of imidazole rings is 1. The molecule has 0 saturated heterocycles. The Balaban J connectivity index is 1.64. The highest BCUT2D eigenvalue weighted by atomic mass is 16.5. The van der Waals surface area contributed by atoms with E-state index in [9.17, 15) is 4.79 Å². The Morgan fingerprint density at radius 3 is 2.60 bits per heavy atom. The van der Waals surface area contributed by atoms with Crippen LogP contribution in [0.25, 0.3) is 17.1 Å². The minimum Gasteiger partial charge on any atom is -0.493 e. The quantitative estimate of drug-likeness (QED) is 0.284. The van der Waals surface area contributed by atoms with Gasteiger partial charge in [-0.2, -0.15) is 0 Å². The molecule has 3 aromatic rings. The fraction of sp³-hybridized carbons (Fsp3) is 0.448. The van der Waals surface area contributed by atoms with Crippen molar-refractivity contribution in [3.05, 3.63) is 59.9 Å². The molecule has 0 aliphatic carbocycles. The second-order valence-electron chi connectivity index (χ2n) is 8.82. The predicted octanol–water partition coefficient (Wildman–Crippen LogP) is 6.55. The van der Waals surface area contributed by atoms with E-state index in [1.165, 1.54) is 0 Å².